The van der Waals surface area contributed by atoms with Crippen LogP contribution in [0.5, 0.6) is 11.5 Å². The maximum absolute atomic E-state index is 5.90. The first-order chi connectivity index (χ1) is 9.76. The lowest BCUT2D eigenvalue weighted by atomic mass is 10.1. The van der Waals surface area contributed by atoms with Crippen molar-refractivity contribution in [3.8, 4) is 11.5 Å². The lowest BCUT2D eigenvalue weighted by Gasteiger charge is -2.19. The van der Waals surface area contributed by atoms with E-state index >= 15 is 0 Å². The summed E-state index contributed by atoms with van der Waals surface area (Å²) in [6.07, 6.45) is 5.41. The van der Waals surface area contributed by atoms with Gasteiger partial charge in [-0.1, -0.05) is 12.8 Å². The van der Waals surface area contributed by atoms with Gasteiger partial charge in [-0.05, 0) is 43.0 Å². The predicted molar refractivity (Wildman–Crippen MR) is 81.3 cm³/mol. The van der Waals surface area contributed by atoms with Crippen molar-refractivity contribution in [1.82, 2.24) is 5.32 Å². The summed E-state index contributed by atoms with van der Waals surface area (Å²) in [5.74, 6) is 2.60. The highest BCUT2D eigenvalue weighted by Crippen LogP contribution is 2.33. The Morgan fingerprint density at radius 2 is 1.85 bits per heavy atom. The van der Waals surface area contributed by atoms with Crippen molar-refractivity contribution in [3.63, 3.8) is 0 Å². The van der Waals surface area contributed by atoms with E-state index in [0.29, 0.717) is 6.54 Å². The Bertz CT molecular complexity index is 397. The van der Waals surface area contributed by atoms with E-state index in [9.17, 15) is 0 Å². The Balaban J connectivity index is 1.93. The standard InChI is InChI=1S/C16H26N2O2/c1-19-14-8-13(9-15(10-14)20-2)16(11-17)18-7-3-4-12-5-6-12/h8-10,12,16,18H,3-7,11,17H2,1-2H3. The van der Waals surface area contributed by atoms with Gasteiger partial charge >= 0.3 is 0 Å². The Kier molecular flexibility index (Phi) is 5.68. The van der Waals surface area contributed by atoms with E-state index in [0.717, 1.165) is 29.5 Å². The van der Waals surface area contributed by atoms with Gasteiger partial charge in [-0.15, -0.1) is 0 Å². The van der Waals surface area contributed by atoms with Crippen LogP contribution in [-0.2, 0) is 0 Å². The highest BCUT2D eigenvalue weighted by atomic mass is 16.5. The normalized spacial score (nSPS) is 15.9. The summed E-state index contributed by atoms with van der Waals surface area (Å²) in [7, 11) is 3.33. The maximum Gasteiger partial charge on any atom is 0.122 e. The first kappa shape index (κ1) is 15.1. The third kappa shape index (κ3) is 4.39. The minimum atomic E-state index is 0.151. The van der Waals surface area contributed by atoms with E-state index in [1.165, 1.54) is 25.7 Å². The first-order valence-corrected chi connectivity index (χ1v) is 7.43. The average Bonchev–Trinajstić information content (AvgIpc) is 3.31. The SMILES string of the molecule is COc1cc(OC)cc(C(CN)NCCCC2CC2)c1. The van der Waals surface area contributed by atoms with E-state index < -0.39 is 0 Å². The summed E-state index contributed by atoms with van der Waals surface area (Å²) in [6.45, 7) is 1.58. The quantitative estimate of drug-likeness (QED) is 0.681. The Hall–Kier alpha value is -1.26. The lowest BCUT2D eigenvalue weighted by molar-refractivity contribution is 0.391. The van der Waals surface area contributed by atoms with Gasteiger partial charge in [0, 0.05) is 18.7 Å². The molecule has 0 aliphatic heterocycles. The van der Waals surface area contributed by atoms with Gasteiger partial charge < -0.3 is 20.5 Å². The molecule has 1 aliphatic carbocycles. The predicted octanol–water partition coefficient (Wildman–Crippen LogP) is 2.48. The Labute approximate surface area is 121 Å². The molecule has 0 amide bonds. The van der Waals surface area contributed by atoms with Crippen molar-refractivity contribution < 1.29 is 9.47 Å². The van der Waals surface area contributed by atoms with Gasteiger partial charge in [0.2, 0.25) is 0 Å². The van der Waals surface area contributed by atoms with Crippen molar-refractivity contribution in [2.75, 3.05) is 27.3 Å². The molecule has 0 spiro atoms. The fraction of sp³-hybridized carbons (Fsp3) is 0.625. The summed E-state index contributed by atoms with van der Waals surface area (Å²) in [5.41, 5.74) is 7.02. The molecule has 20 heavy (non-hydrogen) atoms. The second kappa shape index (κ2) is 7.50. The average molecular weight is 278 g/mol. The molecule has 112 valence electrons. The molecule has 0 aromatic heterocycles. The van der Waals surface area contributed by atoms with E-state index in [1.807, 2.05) is 18.2 Å². The van der Waals surface area contributed by atoms with Crippen LogP contribution in [0.15, 0.2) is 18.2 Å². The molecular formula is C16H26N2O2. The fourth-order valence-corrected chi connectivity index (χ4v) is 2.44. The van der Waals surface area contributed by atoms with Gasteiger partial charge in [0.15, 0.2) is 0 Å². The van der Waals surface area contributed by atoms with Crippen LogP contribution in [0.4, 0.5) is 0 Å². The van der Waals surface area contributed by atoms with Gasteiger partial charge in [-0.3, -0.25) is 0 Å². The number of ether oxygens (including phenoxy) is 2. The molecule has 1 fully saturated rings. The summed E-state index contributed by atoms with van der Waals surface area (Å²) >= 11 is 0. The van der Waals surface area contributed by atoms with Crippen LogP contribution in [-0.4, -0.2) is 27.3 Å². The van der Waals surface area contributed by atoms with Gasteiger partial charge in [-0.25, -0.2) is 0 Å². The topological polar surface area (TPSA) is 56.5 Å². The molecule has 0 radical (unpaired) electrons. The molecule has 2 rings (SSSR count). The molecule has 3 N–H and O–H groups in total. The zero-order valence-electron chi connectivity index (χ0n) is 12.5. The van der Waals surface area contributed by atoms with Crippen LogP contribution in [0.1, 0.15) is 37.3 Å². The van der Waals surface area contributed by atoms with E-state index in [4.69, 9.17) is 15.2 Å². The second-order valence-corrected chi connectivity index (χ2v) is 5.47. The lowest BCUT2D eigenvalue weighted by Crippen LogP contribution is -2.29. The summed E-state index contributed by atoms with van der Waals surface area (Å²) in [4.78, 5) is 0. The third-order valence-electron chi connectivity index (χ3n) is 3.89. The summed E-state index contributed by atoms with van der Waals surface area (Å²) in [5, 5.41) is 3.54. The first-order valence-electron chi connectivity index (χ1n) is 7.43. The number of hydrogen-bond acceptors (Lipinski definition) is 4. The molecule has 1 aromatic rings. The van der Waals surface area contributed by atoms with Crippen LogP contribution in [0.25, 0.3) is 0 Å². The molecule has 1 atom stereocenters. The zero-order valence-corrected chi connectivity index (χ0v) is 12.5. The molecule has 1 saturated carbocycles. The number of nitrogens with two attached hydrogens (primary N) is 1. The molecule has 4 heteroatoms. The van der Waals surface area contributed by atoms with Gasteiger partial charge in [-0.2, -0.15) is 0 Å². The van der Waals surface area contributed by atoms with E-state index in [2.05, 4.69) is 5.32 Å². The maximum atomic E-state index is 5.90. The van der Waals surface area contributed by atoms with Crippen LogP contribution < -0.4 is 20.5 Å². The smallest absolute Gasteiger partial charge is 0.122 e. The molecule has 1 unspecified atom stereocenters. The van der Waals surface area contributed by atoms with Crippen LogP contribution >= 0.6 is 0 Å². The van der Waals surface area contributed by atoms with Crippen molar-refractivity contribution in [3.05, 3.63) is 23.8 Å². The Morgan fingerprint density at radius 1 is 1.20 bits per heavy atom. The largest absolute Gasteiger partial charge is 0.497 e. The zero-order chi connectivity index (χ0) is 14.4. The number of rotatable bonds is 9. The summed E-state index contributed by atoms with van der Waals surface area (Å²) < 4.78 is 10.6. The molecule has 0 bridgehead atoms. The molecule has 0 saturated heterocycles. The highest BCUT2D eigenvalue weighted by Gasteiger charge is 2.20. The van der Waals surface area contributed by atoms with Crippen molar-refractivity contribution in [2.45, 2.75) is 31.7 Å². The van der Waals surface area contributed by atoms with Crippen LogP contribution in [0.3, 0.4) is 0 Å². The number of nitrogens with one attached hydrogen (secondary N) is 1. The molecule has 1 aliphatic rings. The molecule has 4 nitrogen and oxygen atoms in total. The van der Waals surface area contributed by atoms with Crippen molar-refractivity contribution in [2.24, 2.45) is 11.7 Å². The molecule has 1 aromatic carbocycles. The van der Waals surface area contributed by atoms with Crippen LogP contribution in [0, 0.1) is 5.92 Å². The monoisotopic (exact) mass is 278 g/mol. The molecular weight excluding hydrogens is 252 g/mol. The number of hydrogen-bond donors (Lipinski definition) is 2. The fourth-order valence-electron chi connectivity index (χ4n) is 2.44. The number of methoxy groups -OCH3 is 2. The van der Waals surface area contributed by atoms with Gasteiger partial charge in [0.05, 0.1) is 14.2 Å². The van der Waals surface area contributed by atoms with E-state index in [-0.39, 0.29) is 6.04 Å². The third-order valence-corrected chi connectivity index (χ3v) is 3.89. The number of benzene rings is 1. The molecule has 0 heterocycles. The van der Waals surface area contributed by atoms with Crippen molar-refractivity contribution >= 4 is 0 Å². The van der Waals surface area contributed by atoms with Crippen LogP contribution in [0.2, 0.25) is 0 Å². The van der Waals surface area contributed by atoms with E-state index in [1.54, 1.807) is 14.2 Å². The minimum Gasteiger partial charge on any atom is -0.497 e. The van der Waals surface area contributed by atoms with Gasteiger partial charge in [0.25, 0.3) is 0 Å². The van der Waals surface area contributed by atoms with Gasteiger partial charge in [0.1, 0.15) is 11.5 Å². The highest BCUT2D eigenvalue weighted by molar-refractivity contribution is 5.40. The van der Waals surface area contributed by atoms with Crippen molar-refractivity contribution in [1.29, 1.82) is 0 Å². The second-order valence-electron chi connectivity index (χ2n) is 5.47. The Morgan fingerprint density at radius 3 is 2.35 bits per heavy atom. The minimum absolute atomic E-state index is 0.151. The summed E-state index contributed by atoms with van der Waals surface area (Å²) in [6, 6.07) is 6.07.